The first-order valence-electron chi connectivity index (χ1n) is 3.63. The lowest BCUT2D eigenvalue weighted by molar-refractivity contribution is 1.13. The van der Waals surface area contributed by atoms with Crippen molar-refractivity contribution in [2.24, 2.45) is 0 Å². The molecule has 51 valence electrons. The van der Waals surface area contributed by atoms with Gasteiger partial charge in [0.1, 0.15) is 0 Å². The summed E-state index contributed by atoms with van der Waals surface area (Å²) in [5.74, 6) is 0.767. The van der Waals surface area contributed by atoms with Crippen LogP contribution in [0.15, 0.2) is 18.2 Å². The Morgan fingerprint density at radius 2 is 2.30 bits per heavy atom. The Hall–Kier alpha value is -0.980. The molecule has 1 aromatic carbocycles. The summed E-state index contributed by atoms with van der Waals surface area (Å²) in [5.41, 5.74) is 7.76. The molecule has 10 heavy (non-hydrogen) atoms. The Bertz CT molecular complexity index is 238. The van der Waals surface area contributed by atoms with Crippen LogP contribution in [0.5, 0.6) is 0 Å². The van der Waals surface area contributed by atoms with Crippen LogP contribution in [0, 0.1) is 6.07 Å². The van der Waals surface area contributed by atoms with Crippen molar-refractivity contribution < 1.29 is 0 Å². The number of nitrogen functional groups attached to an aromatic ring is 1. The smallest absolute Gasteiger partial charge is 0.0317 e. The van der Waals surface area contributed by atoms with Gasteiger partial charge >= 0.3 is 0 Å². The summed E-state index contributed by atoms with van der Waals surface area (Å²) < 4.78 is 0. The molecule has 1 aliphatic carbocycles. The first-order chi connectivity index (χ1) is 4.86. The SMILES string of the molecule is Nc1cc[c]c(C2CC2)c1. The molecule has 0 amide bonds. The number of hydrogen-bond acceptors (Lipinski definition) is 1. The zero-order chi connectivity index (χ0) is 6.97. The summed E-state index contributed by atoms with van der Waals surface area (Å²) in [6, 6.07) is 9.00. The van der Waals surface area contributed by atoms with Gasteiger partial charge in [0, 0.05) is 5.69 Å². The number of anilines is 1. The minimum Gasteiger partial charge on any atom is -0.399 e. The maximum atomic E-state index is 5.60. The van der Waals surface area contributed by atoms with Crippen LogP contribution in [0.1, 0.15) is 24.3 Å². The third-order valence-corrected chi connectivity index (χ3v) is 1.87. The van der Waals surface area contributed by atoms with E-state index in [-0.39, 0.29) is 0 Å². The van der Waals surface area contributed by atoms with Gasteiger partial charge in [-0.1, -0.05) is 6.07 Å². The van der Waals surface area contributed by atoms with Crippen molar-refractivity contribution in [3.63, 3.8) is 0 Å². The lowest BCUT2D eigenvalue weighted by atomic mass is 10.1. The second-order valence-corrected chi connectivity index (χ2v) is 2.85. The highest BCUT2D eigenvalue weighted by atomic mass is 14.5. The average molecular weight is 132 g/mol. The van der Waals surface area contributed by atoms with Crippen molar-refractivity contribution in [1.29, 1.82) is 0 Å². The summed E-state index contributed by atoms with van der Waals surface area (Å²) in [7, 11) is 0. The van der Waals surface area contributed by atoms with Gasteiger partial charge in [-0.25, -0.2) is 0 Å². The molecule has 1 heteroatoms. The lowest BCUT2D eigenvalue weighted by Crippen LogP contribution is -1.86. The third-order valence-electron chi connectivity index (χ3n) is 1.87. The van der Waals surface area contributed by atoms with Gasteiger partial charge in [0.15, 0.2) is 0 Å². The Kier molecular flexibility index (Phi) is 1.16. The number of hydrogen-bond donors (Lipinski definition) is 1. The van der Waals surface area contributed by atoms with E-state index in [1.807, 2.05) is 18.2 Å². The van der Waals surface area contributed by atoms with Gasteiger partial charge in [-0.15, -0.1) is 0 Å². The van der Waals surface area contributed by atoms with Crippen LogP contribution >= 0.6 is 0 Å². The van der Waals surface area contributed by atoms with Gasteiger partial charge in [0.25, 0.3) is 0 Å². The average Bonchev–Trinajstić information content (AvgIpc) is 2.68. The fourth-order valence-electron chi connectivity index (χ4n) is 1.13. The van der Waals surface area contributed by atoms with Crippen LogP contribution < -0.4 is 5.73 Å². The summed E-state index contributed by atoms with van der Waals surface area (Å²) in [6.45, 7) is 0. The summed E-state index contributed by atoms with van der Waals surface area (Å²) >= 11 is 0. The summed E-state index contributed by atoms with van der Waals surface area (Å²) in [6.07, 6.45) is 2.64. The molecule has 1 fully saturated rings. The van der Waals surface area contributed by atoms with Gasteiger partial charge in [-0.05, 0) is 42.5 Å². The zero-order valence-electron chi connectivity index (χ0n) is 5.80. The van der Waals surface area contributed by atoms with Crippen LogP contribution in [-0.4, -0.2) is 0 Å². The Labute approximate surface area is 60.9 Å². The normalized spacial score (nSPS) is 17.2. The highest BCUT2D eigenvalue weighted by molar-refractivity contribution is 5.42. The van der Waals surface area contributed by atoms with Crippen LogP contribution in [0.25, 0.3) is 0 Å². The molecule has 0 spiro atoms. The van der Waals surface area contributed by atoms with E-state index in [2.05, 4.69) is 6.07 Å². The maximum Gasteiger partial charge on any atom is 0.0317 e. The van der Waals surface area contributed by atoms with Gasteiger partial charge in [0.05, 0.1) is 0 Å². The first-order valence-corrected chi connectivity index (χ1v) is 3.63. The molecule has 2 rings (SSSR count). The molecule has 0 saturated heterocycles. The van der Waals surface area contributed by atoms with Crippen LogP contribution in [0.2, 0.25) is 0 Å². The minimum absolute atomic E-state index is 0.767. The fourth-order valence-corrected chi connectivity index (χ4v) is 1.13. The second kappa shape index (κ2) is 2.01. The van der Waals surface area contributed by atoms with Crippen LogP contribution in [0.4, 0.5) is 5.69 Å². The second-order valence-electron chi connectivity index (χ2n) is 2.85. The fraction of sp³-hybridized carbons (Fsp3) is 0.333. The molecule has 0 heterocycles. The number of rotatable bonds is 1. The van der Waals surface area contributed by atoms with E-state index in [4.69, 9.17) is 5.73 Å². The van der Waals surface area contributed by atoms with Gasteiger partial charge in [-0.3, -0.25) is 0 Å². The molecule has 1 nitrogen and oxygen atoms in total. The predicted molar refractivity (Wildman–Crippen MR) is 41.7 cm³/mol. The number of nitrogens with two attached hydrogens (primary N) is 1. The third kappa shape index (κ3) is 0.991. The molecular weight excluding hydrogens is 122 g/mol. The monoisotopic (exact) mass is 132 g/mol. The predicted octanol–water partition coefficient (Wildman–Crippen LogP) is 1.95. The largest absolute Gasteiger partial charge is 0.399 e. The molecule has 1 aliphatic rings. The van der Waals surface area contributed by atoms with E-state index in [1.165, 1.54) is 18.4 Å². The van der Waals surface area contributed by atoms with Gasteiger partial charge in [0.2, 0.25) is 0 Å². The van der Waals surface area contributed by atoms with Gasteiger partial charge < -0.3 is 5.73 Å². The molecule has 0 atom stereocenters. The van der Waals surface area contributed by atoms with E-state index in [9.17, 15) is 0 Å². The molecule has 1 aromatic rings. The standard InChI is InChI=1S/C9H10N/c10-9-3-1-2-8(6-9)7-4-5-7/h1,3,6-7H,4-5,10H2. The van der Waals surface area contributed by atoms with Crippen molar-refractivity contribution >= 4 is 5.69 Å². The van der Waals surface area contributed by atoms with E-state index in [1.54, 1.807) is 0 Å². The van der Waals surface area contributed by atoms with Gasteiger partial charge in [-0.2, -0.15) is 0 Å². The highest BCUT2D eigenvalue weighted by Gasteiger charge is 2.23. The molecule has 0 aromatic heterocycles. The van der Waals surface area contributed by atoms with E-state index in [0.717, 1.165) is 11.6 Å². The maximum absolute atomic E-state index is 5.60. The summed E-state index contributed by atoms with van der Waals surface area (Å²) in [5, 5.41) is 0. The molecule has 1 radical (unpaired) electrons. The van der Waals surface area contributed by atoms with Crippen molar-refractivity contribution in [3.8, 4) is 0 Å². The Morgan fingerprint density at radius 1 is 1.50 bits per heavy atom. The minimum atomic E-state index is 0.767. The van der Waals surface area contributed by atoms with Crippen molar-refractivity contribution in [2.45, 2.75) is 18.8 Å². The topological polar surface area (TPSA) is 26.0 Å². The quantitative estimate of drug-likeness (QED) is 0.581. The van der Waals surface area contributed by atoms with Crippen molar-refractivity contribution in [3.05, 3.63) is 29.8 Å². The molecule has 1 saturated carbocycles. The molecule has 0 unspecified atom stereocenters. The van der Waals surface area contributed by atoms with Crippen LogP contribution in [-0.2, 0) is 0 Å². The molecule has 0 bridgehead atoms. The molecule has 2 N–H and O–H groups in total. The Morgan fingerprint density at radius 3 is 2.90 bits per heavy atom. The Balaban J connectivity index is 2.32. The van der Waals surface area contributed by atoms with Crippen molar-refractivity contribution in [2.75, 3.05) is 5.73 Å². The highest BCUT2D eigenvalue weighted by Crippen LogP contribution is 2.40. The van der Waals surface area contributed by atoms with E-state index < -0.39 is 0 Å². The lowest BCUT2D eigenvalue weighted by Gasteiger charge is -1.96. The van der Waals surface area contributed by atoms with E-state index in [0.29, 0.717) is 0 Å². The molecule has 0 aliphatic heterocycles. The number of benzene rings is 1. The first kappa shape index (κ1) is 5.78. The van der Waals surface area contributed by atoms with Crippen LogP contribution in [0.3, 0.4) is 0 Å². The van der Waals surface area contributed by atoms with Crippen molar-refractivity contribution in [1.82, 2.24) is 0 Å². The molecular formula is C9H10N. The summed E-state index contributed by atoms with van der Waals surface area (Å²) in [4.78, 5) is 0. The van der Waals surface area contributed by atoms with E-state index >= 15 is 0 Å². The zero-order valence-corrected chi connectivity index (χ0v) is 5.80.